The van der Waals surface area contributed by atoms with Crippen LogP contribution < -0.4 is 0 Å². The first kappa shape index (κ1) is 9.45. The topological polar surface area (TPSA) is 59.4 Å². The smallest absolute Gasteiger partial charge is 0.360 e. The van der Waals surface area contributed by atoms with Gasteiger partial charge in [-0.15, -0.1) is 0 Å². The van der Waals surface area contributed by atoms with Crippen molar-refractivity contribution < 1.29 is 14.6 Å². The highest BCUT2D eigenvalue weighted by Crippen LogP contribution is 2.21. The molecule has 76 valence electrons. The van der Waals surface area contributed by atoms with Crippen molar-refractivity contribution >= 4 is 16.9 Å². The van der Waals surface area contributed by atoms with Gasteiger partial charge in [0.2, 0.25) is 0 Å². The van der Waals surface area contributed by atoms with E-state index in [2.05, 4.69) is 9.72 Å². The molecule has 0 bridgehead atoms. The van der Waals surface area contributed by atoms with Gasteiger partial charge in [0.05, 0.1) is 12.6 Å². The van der Waals surface area contributed by atoms with E-state index < -0.39 is 5.97 Å². The molecule has 1 aromatic heterocycles. The van der Waals surface area contributed by atoms with E-state index in [-0.39, 0.29) is 11.4 Å². The van der Waals surface area contributed by atoms with Gasteiger partial charge in [0.25, 0.3) is 0 Å². The van der Waals surface area contributed by atoms with Crippen LogP contribution in [0.15, 0.2) is 30.3 Å². The van der Waals surface area contributed by atoms with Crippen LogP contribution in [0.4, 0.5) is 0 Å². The standard InChI is InChI=1S/C11H9NO3/c1-15-11(14)10-9(13)6-7-4-2-3-5-8(7)12-10/h2-6,13H,1H3. The number of carbonyl (C=O) groups excluding carboxylic acids is 1. The molecular formula is C11H9NO3. The minimum atomic E-state index is -0.641. The summed E-state index contributed by atoms with van der Waals surface area (Å²) in [7, 11) is 1.25. The van der Waals surface area contributed by atoms with Crippen molar-refractivity contribution in [2.24, 2.45) is 0 Å². The van der Waals surface area contributed by atoms with Crippen LogP contribution in [0.5, 0.6) is 5.75 Å². The molecular weight excluding hydrogens is 194 g/mol. The van der Waals surface area contributed by atoms with Gasteiger partial charge >= 0.3 is 5.97 Å². The molecule has 0 saturated heterocycles. The number of aromatic hydroxyl groups is 1. The van der Waals surface area contributed by atoms with Gasteiger partial charge in [0.15, 0.2) is 5.69 Å². The van der Waals surface area contributed by atoms with Gasteiger partial charge in [-0.25, -0.2) is 9.78 Å². The molecule has 0 unspecified atom stereocenters. The van der Waals surface area contributed by atoms with E-state index in [1.54, 1.807) is 6.07 Å². The van der Waals surface area contributed by atoms with Crippen LogP contribution in [-0.2, 0) is 4.74 Å². The first-order chi connectivity index (χ1) is 7.22. The van der Waals surface area contributed by atoms with Crippen molar-refractivity contribution in [1.82, 2.24) is 4.98 Å². The highest BCUT2D eigenvalue weighted by molar-refractivity contribution is 5.94. The molecule has 0 spiro atoms. The second kappa shape index (κ2) is 3.57. The summed E-state index contributed by atoms with van der Waals surface area (Å²) in [5, 5.41) is 10.3. The molecule has 4 heteroatoms. The first-order valence-corrected chi connectivity index (χ1v) is 4.39. The van der Waals surface area contributed by atoms with Gasteiger partial charge in [-0.05, 0) is 12.1 Å². The molecule has 0 aliphatic carbocycles. The molecule has 4 nitrogen and oxygen atoms in total. The zero-order valence-corrected chi connectivity index (χ0v) is 8.10. The number of methoxy groups -OCH3 is 1. The fourth-order valence-electron chi connectivity index (χ4n) is 1.35. The fourth-order valence-corrected chi connectivity index (χ4v) is 1.35. The summed E-state index contributed by atoms with van der Waals surface area (Å²) < 4.78 is 4.50. The SMILES string of the molecule is COC(=O)c1nc2ccccc2cc1O. The average Bonchev–Trinajstić information content (AvgIpc) is 2.27. The number of ether oxygens (including phenoxy) is 1. The number of hydrogen-bond donors (Lipinski definition) is 1. The van der Waals surface area contributed by atoms with Crippen molar-refractivity contribution in [1.29, 1.82) is 0 Å². The van der Waals surface area contributed by atoms with Crippen LogP contribution in [0.2, 0.25) is 0 Å². The minimum absolute atomic E-state index is 0.0591. The normalized spacial score (nSPS) is 10.2. The molecule has 0 saturated carbocycles. The maximum atomic E-state index is 11.2. The summed E-state index contributed by atoms with van der Waals surface area (Å²) in [5.41, 5.74) is 0.590. The van der Waals surface area contributed by atoms with Gasteiger partial charge in [-0.3, -0.25) is 0 Å². The Labute approximate surface area is 86.1 Å². The lowest BCUT2D eigenvalue weighted by atomic mass is 10.2. The Bertz CT molecular complexity index is 522. The van der Waals surface area contributed by atoms with Crippen molar-refractivity contribution in [2.75, 3.05) is 7.11 Å². The molecule has 15 heavy (non-hydrogen) atoms. The quantitative estimate of drug-likeness (QED) is 0.717. The molecule has 0 aliphatic rings. The van der Waals surface area contributed by atoms with E-state index in [1.165, 1.54) is 13.2 Å². The summed E-state index contributed by atoms with van der Waals surface area (Å²) in [4.78, 5) is 15.3. The molecule has 1 N–H and O–H groups in total. The van der Waals surface area contributed by atoms with Crippen LogP contribution in [0.25, 0.3) is 10.9 Å². The molecule has 1 aromatic carbocycles. The largest absolute Gasteiger partial charge is 0.505 e. The number of aromatic nitrogens is 1. The summed E-state index contributed by atoms with van der Waals surface area (Å²) in [6, 6.07) is 8.72. The number of pyridine rings is 1. The second-order valence-corrected chi connectivity index (χ2v) is 3.04. The van der Waals surface area contributed by atoms with Gasteiger partial charge in [0, 0.05) is 5.39 Å². The van der Waals surface area contributed by atoms with Crippen LogP contribution >= 0.6 is 0 Å². The third-order valence-corrected chi connectivity index (χ3v) is 2.08. The van der Waals surface area contributed by atoms with Gasteiger partial charge in [-0.2, -0.15) is 0 Å². The van der Waals surface area contributed by atoms with Crippen molar-refractivity contribution in [3.05, 3.63) is 36.0 Å². The lowest BCUT2D eigenvalue weighted by Crippen LogP contribution is -2.04. The Morgan fingerprint density at radius 1 is 1.40 bits per heavy atom. The van der Waals surface area contributed by atoms with Crippen LogP contribution in [0.1, 0.15) is 10.5 Å². The zero-order valence-electron chi connectivity index (χ0n) is 8.10. The van der Waals surface area contributed by atoms with Crippen molar-refractivity contribution in [2.45, 2.75) is 0 Å². The maximum Gasteiger partial charge on any atom is 0.360 e. The Balaban J connectivity index is 2.67. The van der Waals surface area contributed by atoms with Gasteiger partial charge in [-0.1, -0.05) is 18.2 Å². The Kier molecular flexibility index (Phi) is 2.25. The number of nitrogens with zero attached hydrogens (tertiary/aromatic N) is 1. The van der Waals surface area contributed by atoms with Crippen LogP contribution in [-0.4, -0.2) is 23.2 Å². The van der Waals surface area contributed by atoms with E-state index >= 15 is 0 Å². The molecule has 0 atom stereocenters. The second-order valence-electron chi connectivity index (χ2n) is 3.04. The molecule has 0 amide bonds. The third kappa shape index (κ3) is 1.61. The van der Waals surface area contributed by atoms with Crippen LogP contribution in [0.3, 0.4) is 0 Å². The minimum Gasteiger partial charge on any atom is -0.505 e. The molecule has 2 aromatic rings. The van der Waals surface area contributed by atoms with Gasteiger partial charge in [0.1, 0.15) is 5.75 Å². The Morgan fingerprint density at radius 3 is 2.87 bits per heavy atom. The monoisotopic (exact) mass is 203 g/mol. The predicted molar refractivity (Wildman–Crippen MR) is 54.7 cm³/mol. The summed E-state index contributed by atoms with van der Waals surface area (Å²) in [6.45, 7) is 0. The van der Waals surface area contributed by atoms with Gasteiger partial charge < -0.3 is 9.84 Å². The molecule has 2 rings (SSSR count). The van der Waals surface area contributed by atoms with E-state index in [0.717, 1.165) is 5.39 Å². The molecule has 0 aliphatic heterocycles. The Hall–Kier alpha value is -2.10. The highest BCUT2D eigenvalue weighted by Gasteiger charge is 2.14. The number of rotatable bonds is 1. The molecule has 0 fully saturated rings. The summed E-state index contributed by atoms with van der Waals surface area (Å²) in [5.74, 6) is -0.807. The van der Waals surface area contributed by atoms with E-state index in [0.29, 0.717) is 5.52 Å². The average molecular weight is 203 g/mol. The number of benzene rings is 1. The Morgan fingerprint density at radius 2 is 2.13 bits per heavy atom. The van der Waals surface area contributed by atoms with Crippen molar-refractivity contribution in [3.8, 4) is 5.75 Å². The van der Waals surface area contributed by atoms with E-state index in [4.69, 9.17) is 0 Å². The summed E-state index contributed by atoms with van der Waals surface area (Å²) >= 11 is 0. The lowest BCUT2D eigenvalue weighted by Gasteiger charge is -2.03. The van der Waals surface area contributed by atoms with Crippen molar-refractivity contribution in [3.63, 3.8) is 0 Å². The maximum absolute atomic E-state index is 11.2. The lowest BCUT2D eigenvalue weighted by molar-refractivity contribution is 0.0591. The third-order valence-electron chi connectivity index (χ3n) is 2.08. The number of fused-ring (bicyclic) bond motifs is 1. The van der Waals surface area contributed by atoms with Crippen LogP contribution in [0, 0.1) is 0 Å². The molecule has 1 heterocycles. The predicted octanol–water partition coefficient (Wildman–Crippen LogP) is 1.73. The number of hydrogen-bond acceptors (Lipinski definition) is 4. The summed E-state index contributed by atoms with van der Waals surface area (Å²) in [6.07, 6.45) is 0. The molecule has 0 radical (unpaired) electrons. The fraction of sp³-hybridized carbons (Fsp3) is 0.0909. The zero-order chi connectivity index (χ0) is 10.8. The first-order valence-electron chi connectivity index (χ1n) is 4.39. The highest BCUT2D eigenvalue weighted by atomic mass is 16.5. The van der Waals surface area contributed by atoms with E-state index in [9.17, 15) is 9.90 Å². The number of carbonyl (C=O) groups is 1. The number of para-hydroxylation sites is 1. The van der Waals surface area contributed by atoms with E-state index in [1.807, 2.05) is 18.2 Å². The number of esters is 1.